The molecule has 3 N–H and O–H groups in total. The van der Waals surface area contributed by atoms with Crippen LogP contribution in [0.2, 0.25) is 5.02 Å². The van der Waals surface area contributed by atoms with Crippen LogP contribution in [0.3, 0.4) is 0 Å². The molecule has 0 aliphatic heterocycles. The largest absolute Gasteiger partial charge is 0.271 e. The number of benzene rings is 1. The quantitative estimate of drug-likeness (QED) is 0.605. The molecule has 1 aromatic heterocycles. The molecule has 1 aromatic carbocycles. The molecule has 2 rings (SSSR count). The highest BCUT2D eigenvalue weighted by molar-refractivity contribution is 9.10. The van der Waals surface area contributed by atoms with Crippen LogP contribution in [-0.4, -0.2) is 15.8 Å². The van der Waals surface area contributed by atoms with Crippen LogP contribution in [0.15, 0.2) is 28.7 Å². The number of rotatable bonds is 6. The van der Waals surface area contributed by atoms with E-state index >= 15 is 0 Å². The van der Waals surface area contributed by atoms with Gasteiger partial charge in [0.1, 0.15) is 0 Å². The molecule has 2 aromatic rings. The van der Waals surface area contributed by atoms with Crippen LogP contribution in [0.5, 0.6) is 0 Å². The topological polar surface area (TPSA) is 55.9 Å². The third-order valence-corrected chi connectivity index (χ3v) is 4.95. The molecule has 21 heavy (non-hydrogen) atoms. The van der Waals surface area contributed by atoms with Gasteiger partial charge in [-0.15, -0.1) is 0 Å². The van der Waals surface area contributed by atoms with E-state index < -0.39 is 0 Å². The lowest BCUT2D eigenvalue weighted by atomic mass is 10.0. The number of hydrogen-bond donors (Lipinski definition) is 2. The van der Waals surface area contributed by atoms with Gasteiger partial charge in [0.25, 0.3) is 0 Å². The van der Waals surface area contributed by atoms with Crippen molar-refractivity contribution in [3.8, 4) is 0 Å². The van der Waals surface area contributed by atoms with Crippen molar-refractivity contribution in [1.29, 1.82) is 0 Å². The van der Waals surface area contributed by atoms with Crippen molar-refractivity contribution in [3.05, 3.63) is 50.7 Å². The molecule has 4 nitrogen and oxygen atoms in total. The third-order valence-electron chi connectivity index (χ3n) is 3.55. The summed E-state index contributed by atoms with van der Waals surface area (Å²) in [6.45, 7) is 4.92. The van der Waals surface area contributed by atoms with E-state index in [1.165, 1.54) is 0 Å². The lowest BCUT2D eigenvalue weighted by Crippen LogP contribution is -2.39. The number of nitrogens with two attached hydrogens (primary N) is 1. The smallest absolute Gasteiger partial charge is 0.0738 e. The van der Waals surface area contributed by atoms with Crippen LogP contribution in [0.25, 0.3) is 0 Å². The van der Waals surface area contributed by atoms with Gasteiger partial charge in [-0.1, -0.05) is 29.8 Å². The molecular formula is C15H20BrClN4. The zero-order valence-electron chi connectivity index (χ0n) is 12.2. The van der Waals surface area contributed by atoms with Gasteiger partial charge >= 0.3 is 0 Å². The zero-order chi connectivity index (χ0) is 15.4. The maximum Gasteiger partial charge on any atom is 0.0738 e. The summed E-state index contributed by atoms with van der Waals surface area (Å²) in [7, 11) is 0. The lowest BCUT2D eigenvalue weighted by molar-refractivity contribution is 0.495. The molecule has 0 fully saturated rings. The second kappa shape index (κ2) is 7.40. The summed E-state index contributed by atoms with van der Waals surface area (Å²) in [4.78, 5) is 0. The average Bonchev–Trinajstić information content (AvgIpc) is 2.76. The molecule has 0 bridgehead atoms. The fraction of sp³-hybridized carbons (Fsp3) is 0.400. The van der Waals surface area contributed by atoms with Crippen molar-refractivity contribution < 1.29 is 0 Å². The van der Waals surface area contributed by atoms with Gasteiger partial charge in [-0.05, 0) is 47.8 Å². The first kappa shape index (κ1) is 16.5. The van der Waals surface area contributed by atoms with E-state index in [4.69, 9.17) is 17.4 Å². The minimum Gasteiger partial charge on any atom is -0.271 e. The van der Waals surface area contributed by atoms with Crippen LogP contribution in [0.4, 0.5) is 0 Å². The Morgan fingerprint density at radius 2 is 2.10 bits per heavy atom. The predicted octanol–water partition coefficient (Wildman–Crippen LogP) is 3.24. The summed E-state index contributed by atoms with van der Waals surface area (Å²) >= 11 is 9.85. The molecule has 0 saturated heterocycles. The Morgan fingerprint density at radius 1 is 1.38 bits per heavy atom. The Hall–Kier alpha value is -0.880. The molecule has 0 saturated carbocycles. The Morgan fingerprint density at radius 3 is 2.71 bits per heavy atom. The molecule has 0 aliphatic carbocycles. The van der Waals surface area contributed by atoms with Gasteiger partial charge in [-0.3, -0.25) is 16.0 Å². The van der Waals surface area contributed by atoms with Crippen LogP contribution in [-0.2, 0) is 19.4 Å². The molecule has 1 unspecified atom stereocenters. The normalized spacial score (nSPS) is 12.6. The van der Waals surface area contributed by atoms with E-state index in [0.29, 0.717) is 0 Å². The average molecular weight is 372 g/mol. The van der Waals surface area contributed by atoms with Crippen molar-refractivity contribution in [2.45, 2.75) is 39.3 Å². The van der Waals surface area contributed by atoms with Crippen molar-refractivity contribution >= 4 is 27.5 Å². The number of nitrogens with one attached hydrogen (secondary N) is 1. The second-order valence-corrected chi connectivity index (χ2v) is 6.23. The monoisotopic (exact) mass is 370 g/mol. The van der Waals surface area contributed by atoms with E-state index in [0.717, 1.165) is 45.8 Å². The Bertz CT molecular complexity index is 612. The van der Waals surface area contributed by atoms with Crippen LogP contribution < -0.4 is 11.3 Å². The van der Waals surface area contributed by atoms with Gasteiger partial charge in [0.15, 0.2) is 0 Å². The number of halogens is 2. The van der Waals surface area contributed by atoms with E-state index in [1.807, 2.05) is 35.9 Å². The van der Waals surface area contributed by atoms with E-state index in [-0.39, 0.29) is 6.04 Å². The van der Waals surface area contributed by atoms with Crippen molar-refractivity contribution in [2.75, 3.05) is 0 Å². The van der Waals surface area contributed by atoms with Gasteiger partial charge in [0.2, 0.25) is 0 Å². The number of hydrazine groups is 1. The van der Waals surface area contributed by atoms with E-state index in [1.54, 1.807) is 0 Å². The maximum absolute atomic E-state index is 6.23. The van der Waals surface area contributed by atoms with Gasteiger partial charge in [0, 0.05) is 24.0 Å². The van der Waals surface area contributed by atoms with Gasteiger partial charge in [-0.2, -0.15) is 5.10 Å². The van der Waals surface area contributed by atoms with E-state index in [9.17, 15) is 0 Å². The summed E-state index contributed by atoms with van der Waals surface area (Å²) < 4.78 is 3.07. The van der Waals surface area contributed by atoms with Crippen molar-refractivity contribution in [1.82, 2.24) is 15.2 Å². The minimum atomic E-state index is 0.0996. The SMILES string of the molecule is CCn1nc(C)c(Br)c1CC(Cc1ccccc1Cl)NN. The first-order valence-corrected chi connectivity index (χ1v) is 8.15. The molecule has 1 atom stereocenters. The van der Waals surface area contributed by atoms with Crippen LogP contribution in [0, 0.1) is 6.92 Å². The van der Waals surface area contributed by atoms with Gasteiger partial charge < -0.3 is 0 Å². The van der Waals surface area contributed by atoms with Gasteiger partial charge in [-0.25, -0.2) is 0 Å². The highest BCUT2D eigenvalue weighted by atomic mass is 79.9. The summed E-state index contributed by atoms with van der Waals surface area (Å²) in [6.07, 6.45) is 1.56. The third kappa shape index (κ3) is 3.86. The van der Waals surface area contributed by atoms with Crippen molar-refractivity contribution in [3.63, 3.8) is 0 Å². The number of aromatic nitrogens is 2. The van der Waals surface area contributed by atoms with Gasteiger partial charge in [0.05, 0.1) is 15.9 Å². The molecule has 114 valence electrons. The minimum absolute atomic E-state index is 0.0996. The summed E-state index contributed by atoms with van der Waals surface area (Å²) in [5.74, 6) is 5.73. The standard InChI is InChI=1S/C15H20BrClN4/c1-3-21-14(15(16)10(2)20-21)9-12(19-18)8-11-6-4-5-7-13(11)17/h4-7,12,19H,3,8-9,18H2,1-2H3. The maximum atomic E-state index is 6.23. The zero-order valence-corrected chi connectivity index (χ0v) is 14.6. The fourth-order valence-corrected chi connectivity index (χ4v) is 3.08. The summed E-state index contributed by atoms with van der Waals surface area (Å²) in [5, 5.41) is 5.29. The molecule has 0 aliphatic rings. The lowest BCUT2D eigenvalue weighted by Gasteiger charge is -2.17. The predicted molar refractivity (Wildman–Crippen MR) is 90.3 cm³/mol. The second-order valence-electron chi connectivity index (χ2n) is 5.03. The number of aryl methyl sites for hydroxylation is 2. The highest BCUT2D eigenvalue weighted by Crippen LogP contribution is 2.24. The number of hydrogen-bond acceptors (Lipinski definition) is 3. The van der Waals surface area contributed by atoms with E-state index in [2.05, 4.69) is 33.4 Å². The first-order valence-electron chi connectivity index (χ1n) is 6.98. The molecule has 1 heterocycles. The van der Waals surface area contributed by atoms with Crippen LogP contribution in [0.1, 0.15) is 23.9 Å². The molecule has 0 spiro atoms. The molecule has 0 radical (unpaired) electrons. The van der Waals surface area contributed by atoms with Crippen molar-refractivity contribution in [2.24, 2.45) is 5.84 Å². The van der Waals surface area contributed by atoms with Crippen LogP contribution >= 0.6 is 27.5 Å². The highest BCUT2D eigenvalue weighted by Gasteiger charge is 2.18. The molecular weight excluding hydrogens is 352 g/mol. The summed E-state index contributed by atoms with van der Waals surface area (Å²) in [6, 6.07) is 7.96. The molecule has 0 amide bonds. The molecule has 6 heteroatoms. The number of nitrogens with zero attached hydrogens (tertiary/aromatic N) is 2. The Labute approximate surface area is 138 Å². The first-order chi connectivity index (χ1) is 10.1. The Balaban J connectivity index is 2.18. The Kier molecular flexibility index (Phi) is 5.81. The fourth-order valence-electron chi connectivity index (χ4n) is 2.42. The summed E-state index contributed by atoms with van der Waals surface area (Å²) in [5.41, 5.74) is 6.15.